The predicted molar refractivity (Wildman–Crippen MR) is 140 cm³/mol. The maximum Gasteiger partial charge on any atom is 0.288 e. The highest BCUT2D eigenvalue weighted by Gasteiger charge is 2.36. The molecule has 0 radical (unpaired) electrons. The van der Waals surface area contributed by atoms with Crippen molar-refractivity contribution < 1.29 is 28.8 Å². The molecular formula is C30H36N2O6. The molecule has 202 valence electrons. The number of ether oxygens (including phenoxy) is 4. The topological polar surface area (TPSA) is 80.7 Å². The molecule has 2 fully saturated rings. The van der Waals surface area contributed by atoms with Crippen LogP contribution in [0.3, 0.4) is 0 Å². The fourth-order valence-electron chi connectivity index (χ4n) is 5.63. The van der Waals surface area contributed by atoms with Gasteiger partial charge in [0.15, 0.2) is 17.3 Å². The lowest BCUT2D eigenvalue weighted by atomic mass is 9.73. The standard InChI is InChI=1S/C30H36N2O6/c33-18-21-4-6-22(7-5-21)19-35-29-16-25(24-2-1-3-24)15-28(38-29)30(34)32-12-10-31(11-13-32)17-23-8-9-26-27(14-23)37-20-36-26/h4-9,14-15,24-25,29,33H,1-3,10-13,16-20H2/t25-,29+/m0/s1. The average Bonchev–Trinajstić information content (AvgIpc) is 3.39. The van der Waals surface area contributed by atoms with Gasteiger partial charge in [0.05, 0.1) is 13.2 Å². The van der Waals surface area contributed by atoms with Gasteiger partial charge in [0.25, 0.3) is 5.91 Å². The molecule has 0 unspecified atom stereocenters. The number of hydrogen-bond donors (Lipinski definition) is 1. The monoisotopic (exact) mass is 520 g/mol. The Kier molecular flexibility index (Phi) is 7.53. The number of carbonyl (C=O) groups is 1. The van der Waals surface area contributed by atoms with Gasteiger partial charge in [-0.15, -0.1) is 0 Å². The number of hydrogen-bond acceptors (Lipinski definition) is 7. The summed E-state index contributed by atoms with van der Waals surface area (Å²) in [6.07, 6.45) is 6.08. The van der Waals surface area contributed by atoms with Crippen LogP contribution in [0.4, 0.5) is 0 Å². The highest BCUT2D eigenvalue weighted by Crippen LogP contribution is 2.40. The summed E-state index contributed by atoms with van der Waals surface area (Å²) in [5.74, 6) is 2.93. The molecular weight excluding hydrogens is 484 g/mol. The van der Waals surface area contributed by atoms with Crippen LogP contribution in [-0.2, 0) is 34.0 Å². The van der Waals surface area contributed by atoms with E-state index in [1.165, 1.54) is 24.8 Å². The van der Waals surface area contributed by atoms with Crippen LogP contribution in [0, 0.1) is 11.8 Å². The number of piperazine rings is 1. The number of amides is 1. The number of allylic oxidation sites excluding steroid dienone is 1. The van der Waals surface area contributed by atoms with Crippen LogP contribution in [0.25, 0.3) is 0 Å². The van der Waals surface area contributed by atoms with Crippen LogP contribution >= 0.6 is 0 Å². The van der Waals surface area contributed by atoms with Gasteiger partial charge in [-0.1, -0.05) is 36.8 Å². The number of nitrogens with zero attached hydrogens (tertiary/aromatic N) is 2. The Morgan fingerprint density at radius 1 is 0.947 bits per heavy atom. The quantitative estimate of drug-likeness (QED) is 0.567. The van der Waals surface area contributed by atoms with Crippen molar-refractivity contribution in [2.45, 2.75) is 51.7 Å². The zero-order valence-electron chi connectivity index (χ0n) is 21.7. The summed E-state index contributed by atoms with van der Waals surface area (Å²) >= 11 is 0. The molecule has 1 aliphatic carbocycles. The molecule has 0 spiro atoms. The number of aliphatic hydroxyl groups is 1. The molecule has 1 amide bonds. The number of fused-ring (bicyclic) bond motifs is 1. The Morgan fingerprint density at radius 3 is 2.42 bits per heavy atom. The molecule has 8 nitrogen and oxygen atoms in total. The molecule has 38 heavy (non-hydrogen) atoms. The van der Waals surface area contributed by atoms with Crippen molar-refractivity contribution in [3.63, 3.8) is 0 Å². The van der Waals surface area contributed by atoms with Gasteiger partial charge in [-0.2, -0.15) is 0 Å². The lowest BCUT2D eigenvalue weighted by molar-refractivity contribution is -0.162. The summed E-state index contributed by atoms with van der Waals surface area (Å²) in [6.45, 7) is 4.49. The maximum absolute atomic E-state index is 13.5. The molecule has 2 atom stereocenters. The lowest BCUT2D eigenvalue weighted by Gasteiger charge is -2.39. The van der Waals surface area contributed by atoms with Crippen LogP contribution in [0.5, 0.6) is 11.5 Å². The second-order valence-electron chi connectivity index (χ2n) is 10.7. The first-order valence-electron chi connectivity index (χ1n) is 13.7. The minimum atomic E-state index is -0.436. The van der Waals surface area contributed by atoms with E-state index in [0.717, 1.165) is 48.7 Å². The normalized spacial score (nSPS) is 23.5. The second kappa shape index (κ2) is 11.4. The molecule has 1 saturated heterocycles. The van der Waals surface area contributed by atoms with Gasteiger partial charge in [-0.3, -0.25) is 9.69 Å². The first-order valence-corrected chi connectivity index (χ1v) is 13.7. The average molecular weight is 521 g/mol. The van der Waals surface area contributed by atoms with E-state index < -0.39 is 6.29 Å². The van der Waals surface area contributed by atoms with E-state index >= 15 is 0 Å². The summed E-state index contributed by atoms with van der Waals surface area (Å²) in [5.41, 5.74) is 3.08. The van der Waals surface area contributed by atoms with Crippen molar-refractivity contribution in [3.8, 4) is 11.5 Å². The third-order valence-corrected chi connectivity index (χ3v) is 8.20. The van der Waals surface area contributed by atoms with Crippen LogP contribution in [0.1, 0.15) is 42.4 Å². The zero-order valence-corrected chi connectivity index (χ0v) is 21.7. The van der Waals surface area contributed by atoms with Gasteiger partial charge in [0.1, 0.15) is 0 Å². The van der Waals surface area contributed by atoms with E-state index in [4.69, 9.17) is 18.9 Å². The van der Waals surface area contributed by atoms with Crippen molar-refractivity contribution in [1.82, 2.24) is 9.80 Å². The SMILES string of the molecule is O=C(C1=C[C@H](C2CCC2)C[C@H](OCc2ccc(CO)cc2)O1)N1CCN(Cc2ccc3c(c2)OCO3)CC1. The van der Waals surface area contributed by atoms with Crippen LogP contribution in [-0.4, -0.2) is 60.1 Å². The van der Waals surface area contributed by atoms with Gasteiger partial charge >= 0.3 is 0 Å². The van der Waals surface area contributed by atoms with E-state index in [0.29, 0.717) is 37.3 Å². The Bertz CT molecular complexity index is 1150. The minimum absolute atomic E-state index is 0.0267. The third-order valence-electron chi connectivity index (χ3n) is 8.20. The predicted octanol–water partition coefficient (Wildman–Crippen LogP) is 3.82. The van der Waals surface area contributed by atoms with E-state index in [9.17, 15) is 9.90 Å². The summed E-state index contributed by atoms with van der Waals surface area (Å²) in [7, 11) is 0. The van der Waals surface area contributed by atoms with Crippen molar-refractivity contribution in [2.75, 3.05) is 33.0 Å². The van der Waals surface area contributed by atoms with Crippen LogP contribution < -0.4 is 9.47 Å². The molecule has 2 aromatic rings. The third kappa shape index (κ3) is 5.67. The number of rotatable bonds is 8. The molecule has 0 aromatic heterocycles. The van der Waals surface area contributed by atoms with Gasteiger partial charge in [-0.05, 0) is 59.6 Å². The van der Waals surface area contributed by atoms with E-state index in [1.807, 2.05) is 41.3 Å². The Hall–Kier alpha value is -3.07. The van der Waals surface area contributed by atoms with Crippen molar-refractivity contribution in [2.24, 2.45) is 11.8 Å². The van der Waals surface area contributed by atoms with Crippen LogP contribution in [0.15, 0.2) is 54.3 Å². The summed E-state index contributed by atoms with van der Waals surface area (Å²) in [5, 5.41) is 9.27. The highest BCUT2D eigenvalue weighted by atomic mass is 16.7. The molecule has 2 aromatic carbocycles. The van der Waals surface area contributed by atoms with E-state index in [2.05, 4.69) is 17.0 Å². The van der Waals surface area contributed by atoms with Gasteiger partial charge < -0.3 is 29.0 Å². The van der Waals surface area contributed by atoms with Gasteiger partial charge in [0, 0.05) is 39.1 Å². The summed E-state index contributed by atoms with van der Waals surface area (Å²) < 4.78 is 23.2. The molecule has 1 saturated carbocycles. The number of aliphatic hydroxyl groups excluding tert-OH is 1. The molecule has 3 heterocycles. The molecule has 6 rings (SSSR count). The molecule has 8 heteroatoms. The fraction of sp³-hybridized carbons (Fsp3) is 0.500. The second-order valence-corrected chi connectivity index (χ2v) is 10.7. The lowest BCUT2D eigenvalue weighted by Crippen LogP contribution is -2.49. The minimum Gasteiger partial charge on any atom is -0.459 e. The van der Waals surface area contributed by atoms with E-state index in [1.54, 1.807) is 0 Å². The molecule has 0 bridgehead atoms. The summed E-state index contributed by atoms with van der Waals surface area (Å²) in [6, 6.07) is 13.8. The van der Waals surface area contributed by atoms with Gasteiger partial charge in [-0.25, -0.2) is 0 Å². The van der Waals surface area contributed by atoms with E-state index in [-0.39, 0.29) is 19.3 Å². The molecule has 1 N–H and O–H groups in total. The molecule has 4 aliphatic rings. The number of carbonyl (C=O) groups excluding carboxylic acids is 1. The fourth-order valence-corrected chi connectivity index (χ4v) is 5.63. The zero-order chi connectivity index (χ0) is 25.9. The van der Waals surface area contributed by atoms with Crippen molar-refractivity contribution >= 4 is 5.91 Å². The Labute approximate surface area is 223 Å². The maximum atomic E-state index is 13.5. The molecule has 3 aliphatic heterocycles. The first-order chi connectivity index (χ1) is 18.6. The van der Waals surface area contributed by atoms with Crippen LogP contribution in [0.2, 0.25) is 0 Å². The smallest absolute Gasteiger partial charge is 0.288 e. The van der Waals surface area contributed by atoms with Gasteiger partial charge in [0.2, 0.25) is 13.1 Å². The van der Waals surface area contributed by atoms with Crippen molar-refractivity contribution in [3.05, 3.63) is 71.0 Å². The summed E-state index contributed by atoms with van der Waals surface area (Å²) in [4.78, 5) is 17.8. The Morgan fingerprint density at radius 2 is 1.68 bits per heavy atom. The number of benzene rings is 2. The highest BCUT2D eigenvalue weighted by molar-refractivity contribution is 5.91. The Balaban J connectivity index is 1.05. The van der Waals surface area contributed by atoms with Crippen molar-refractivity contribution in [1.29, 1.82) is 0 Å². The first kappa shape index (κ1) is 25.2. The largest absolute Gasteiger partial charge is 0.459 e.